The summed E-state index contributed by atoms with van der Waals surface area (Å²) < 4.78 is 2.68. The lowest BCUT2D eigenvalue weighted by molar-refractivity contribution is 0.0728. The molecule has 0 spiro atoms. The quantitative estimate of drug-likeness (QED) is 0.252. The zero-order valence-corrected chi connectivity index (χ0v) is 26.1. The first kappa shape index (κ1) is 35.3. The van der Waals surface area contributed by atoms with Crippen LogP contribution in [0.25, 0.3) is 0 Å². The Hall–Kier alpha value is -1.71. The van der Waals surface area contributed by atoms with Crippen LogP contribution < -0.4 is 17.1 Å². The molecule has 0 amide bonds. The lowest BCUT2D eigenvalue weighted by atomic mass is 9.78. The standard InChI is InChI=1S/C30H57N3O6/c1-10-14-29(7,8)17-23(35)20-32-25(37)31(19-22(34)16-28(5,6)12-3)26(38)33(27(32)39)21-24(36)18-30(9,13-4)15-11-2/h22-24,34-36H,10-21H2,1-9H3. The molecule has 9 heteroatoms. The van der Waals surface area contributed by atoms with Crippen LogP contribution in [0.1, 0.15) is 120 Å². The van der Waals surface area contributed by atoms with Gasteiger partial charge in [-0.25, -0.2) is 28.1 Å². The van der Waals surface area contributed by atoms with E-state index in [0.717, 1.165) is 52.2 Å². The SMILES string of the molecule is CCCC(C)(C)CC(O)Cn1c(=O)n(CC(O)CC(C)(C)CC)c(=O)n(CC(O)CC(C)(CC)CCC)c1=O. The predicted molar refractivity (Wildman–Crippen MR) is 157 cm³/mol. The highest BCUT2D eigenvalue weighted by Gasteiger charge is 2.29. The van der Waals surface area contributed by atoms with E-state index >= 15 is 0 Å². The number of hydrogen-bond acceptors (Lipinski definition) is 6. The minimum Gasteiger partial charge on any atom is -0.391 e. The number of rotatable bonds is 18. The molecule has 3 N–H and O–H groups in total. The Kier molecular flexibility index (Phi) is 13.4. The van der Waals surface area contributed by atoms with E-state index < -0.39 is 35.4 Å². The average molecular weight is 556 g/mol. The monoisotopic (exact) mass is 555 g/mol. The highest BCUT2D eigenvalue weighted by molar-refractivity contribution is 4.85. The second kappa shape index (κ2) is 14.8. The summed E-state index contributed by atoms with van der Waals surface area (Å²) in [5, 5.41) is 32.6. The summed E-state index contributed by atoms with van der Waals surface area (Å²) in [6.45, 7) is 17.6. The van der Waals surface area contributed by atoms with Gasteiger partial charge in [0, 0.05) is 0 Å². The Labute approximate surface area is 234 Å². The molecule has 0 fully saturated rings. The maximum atomic E-state index is 13.5. The summed E-state index contributed by atoms with van der Waals surface area (Å²) >= 11 is 0. The average Bonchev–Trinajstić information content (AvgIpc) is 2.81. The number of hydrogen-bond donors (Lipinski definition) is 3. The van der Waals surface area contributed by atoms with Crippen molar-refractivity contribution in [1.82, 2.24) is 13.7 Å². The third kappa shape index (κ3) is 10.7. The molecule has 4 atom stereocenters. The Balaban J connectivity index is 3.54. The van der Waals surface area contributed by atoms with E-state index in [1.54, 1.807) is 0 Å². The number of aromatic nitrogens is 3. The second-order valence-corrected chi connectivity index (χ2v) is 13.6. The molecule has 1 rings (SSSR count). The van der Waals surface area contributed by atoms with Gasteiger partial charge in [0.1, 0.15) is 0 Å². The molecular weight excluding hydrogens is 498 g/mol. The molecule has 0 aromatic carbocycles. The number of aliphatic hydroxyl groups excluding tert-OH is 3. The van der Waals surface area contributed by atoms with E-state index in [4.69, 9.17) is 0 Å². The molecule has 0 aliphatic carbocycles. The van der Waals surface area contributed by atoms with Gasteiger partial charge >= 0.3 is 17.1 Å². The van der Waals surface area contributed by atoms with Crippen LogP contribution in [0.2, 0.25) is 0 Å². The van der Waals surface area contributed by atoms with Crippen LogP contribution in [0, 0.1) is 16.2 Å². The van der Waals surface area contributed by atoms with Crippen LogP contribution in [0.3, 0.4) is 0 Å². The second-order valence-electron chi connectivity index (χ2n) is 13.6. The lowest BCUT2D eigenvalue weighted by Crippen LogP contribution is -2.57. The first-order valence-electron chi connectivity index (χ1n) is 14.9. The zero-order chi connectivity index (χ0) is 30.2. The Bertz CT molecular complexity index is 1070. The van der Waals surface area contributed by atoms with Gasteiger partial charge in [0.2, 0.25) is 0 Å². The third-order valence-corrected chi connectivity index (χ3v) is 8.46. The summed E-state index contributed by atoms with van der Waals surface area (Å²) in [7, 11) is 0. The molecule has 0 aliphatic heterocycles. The van der Waals surface area contributed by atoms with Gasteiger partial charge in [-0.3, -0.25) is 0 Å². The summed E-state index contributed by atoms with van der Waals surface area (Å²) in [4.78, 5) is 40.4. The summed E-state index contributed by atoms with van der Waals surface area (Å²) in [5.74, 6) is 0. The molecule has 1 heterocycles. The maximum Gasteiger partial charge on any atom is 0.336 e. The first-order chi connectivity index (χ1) is 17.9. The number of aliphatic hydroxyl groups is 3. The fourth-order valence-electron chi connectivity index (χ4n) is 5.77. The first-order valence-corrected chi connectivity index (χ1v) is 14.9. The highest BCUT2D eigenvalue weighted by atomic mass is 16.3. The summed E-state index contributed by atoms with van der Waals surface area (Å²) in [6.07, 6.45) is 3.56. The maximum absolute atomic E-state index is 13.5. The lowest BCUT2D eigenvalue weighted by Gasteiger charge is -2.30. The molecule has 0 bridgehead atoms. The molecule has 0 aliphatic rings. The van der Waals surface area contributed by atoms with E-state index in [9.17, 15) is 29.7 Å². The molecule has 228 valence electrons. The normalized spacial score (nSPS) is 16.6. The molecule has 4 unspecified atom stereocenters. The number of nitrogens with zero attached hydrogens (tertiary/aromatic N) is 3. The van der Waals surface area contributed by atoms with Crippen LogP contribution in [0.15, 0.2) is 14.4 Å². The third-order valence-electron chi connectivity index (χ3n) is 8.46. The van der Waals surface area contributed by atoms with Crippen molar-refractivity contribution in [3.05, 3.63) is 31.5 Å². The topological polar surface area (TPSA) is 127 Å². The van der Waals surface area contributed by atoms with Gasteiger partial charge in [0.05, 0.1) is 37.9 Å². The molecule has 1 aromatic heterocycles. The van der Waals surface area contributed by atoms with Gasteiger partial charge in [-0.05, 0) is 48.3 Å². The minimum atomic E-state index is -0.976. The molecule has 1 aromatic rings. The summed E-state index contributed by atoms with van der Waals surface area (Å²) in [6, 6.07) is 0. The van der Waals surface area contributed by atoms with Crippen molar-refractivity contribution in [2.24, 2.45) is 16.2 Å². The van der Waals surface area contributed by atoms with Crippen molar-refractivity contribution in [3.63, 3.8) is 0 Å². The van der Waals surface area contributed by atoms with Gasteiger partial charge in [-0.15, -0.1) is 0 Å². The van der Waals surface area contributed by atoms with Crippen LogP contribution in [0.5, 0.6) is 0 Å². The van der Waals surface area contributed by atoms with E-state index in [-0.39, 0.29) is 35.9 Å². The fraction of sp³-hybridized carbons (Fsp3) is 0.900. The van der Waals surface area contributed by atoms with Gasteiger partial charge in [-0.2, -0.15) is 0 Å². The Morgan fingerprint density at radius 2 is 0.923 bits per heavy atom. The van der Waals surface area contributed by atoms with Crippen molar-refractivity contribution in [1.29, 1.82) is 0 Å². The predicted octanol–water partition coefficient (Wildman–Crippen LogP) is 3.90. The largest absolute Gasteiger partial charge is 0.391 e. The van der Waals surface area contributed by atoms with Crippen molar-refractivity contribution in [2.75, 3.05) is 0 Å². The van der Waals surface area contributed by atoms with E-state index in [1.807, 2.05) is 34.6 Å². The van der Waals surface area contributed by atoms with Gasteiger partial charge in [-0.1, -0.05) is 88.0 Å². The highest BCUT2D eigenvalue weighted by Crippen LogP contribution is 2.33. The minimum absolute atomic E-state index is 0.145. The Morgan fingerprint density at radius 3 is 1.26 bits per heavy atom. The van der Waals surface area contributed by atoms with E-state index in [1.165, 1.54) is 0 Å². The molecule has 39 heavy (non-hydrogen) atoms. The van der Waals surface area contributed by atoms with Crippen molar-refractivity contribution in [3.8, 4) is 0 Å². The van der Waals surface area contributed by atoms with Crippen LogP contribution in [-0.4, -0.2) is 47.3 Å². The van der Waals surface area contributed by atoms with Crippen molar-refractivity contribution >= 4 is 0 Å². The van der Waals surface area contributed by atoms with Crippen molar-refractivity contribution < 1.29 is 15.3 Å². The molecular formula is C30H57N3O6. The summed E-state index contributed by atoms with van der Waals surface area (Å²) in [5.41, 5.74) is -3.06. The van der Waals surface area contributed by atoms with Gasteiger partial charge in [0.15, 0.2) is 0 Å². The molecule has 0 saturated heterocycles. The molecule has 9 nitrogen and oxygen atoms in total. The van der Waals surface area contributed by atoms with E-state index in [2.05, 4.69) is 27.7 Å². The van der Waals surface area contributed by atoms with Gasteiger partial charge < -0.3 is 15.3 Å². The van der Waals surface area contributed by atoms with Crippen LogP contribution >= 0.6 is 0 Å². The van der Waals surface area contributed by atoms with Gasteiger partial charge in [0.25, 0.3) is 0 Å². The smallest absolute Gasteiger partial charge is 0.336 e. The van der Waals surface area contributed by atoms with E-state index in [0.29, 0.717) is 19.3 Å². The fourth-order valence-corrected chi connectivity index (χ4v) is 5.77. The van der Waals surface area contributed by atoms with Crippen molar-refractivity contribution in [2.45, 2.75) is 158 Å². The molecule has 0 saturated carbocycles. The Morgan fingerprint density at radius 1 is 0.564 bits per heavy atom. The van der Waals surface area contributed by atoms with Crippen LogP contribution in [-0.2, 0) is 19.6 Å². The zero-order valence-electron chi connectivity index (χ0n) is 26.1. The van der Waals surface area contributed by atoms with Crippen LogP contribution in [0.4, 0.5) is 0 Å². The molecule has 0 radical (unpaired) electrons.